The standard InChI is InChI=1S/C22H20N6OS/c1-15-7-6-10-18(16(15)2)25-20(29)14-30-22-27-26-21(19-13-23-11-12-24-19)28(22)17-8-4-3-5-9-17/h3-13H,14H2,1-2H3,(H,25,29). The minimum atomic E-state index is -0.0997. The van der Waals surface area contributed by atoms with Gasteiger partial charge in [0.05, 0.1) is 11.9 Å². The van der Waals surface area contributed by atoms with Crippen LogP contribution in [0.1, 0.15) is 11.1 Å². The van der Waals surface area contributed by atoms with Crippen molar-refractivity contribution in [3.8, 4) is 17.2 Å². The second kappa shape index (κ2) is 8.87. The topological polar surface area (TPSA) is 85.6 Å². The van der Waals surface area contributed by atoms with Gasteiger partial charge in [0, 0.05) is 23.8 Å². The third-order valence-electron chi connectivity index (χ3n) is 4.65. The summed E-state index contributed by atoms with van der Waals surface area (Å²) in [6.07, 6.45) is 4.87. The number of para-hydroxylation sites is 1. The molecule has 0 aliphatic heterocycles. The van der Waals surface area contributed by atoms with Gasteiger partial charge in [0.25, 0.3) is 0 Å². The van der Waals surface area contributed by atoms with E-state index >= 15 is 0 Å². The molecule has 0 aliphatic rings. The number of rotatable bonds is 6. The van der Waals surface area contributed by atoms with Crippen molar-refractivity contribution in [2.24, 2.45) is 0 Å². The first-order valence-corrected chi connectivity index (χ1v) is 10.4. The van der Waals surface area contributed by atoms with Crippen LogP contribution in [-0.2, 0) is 4.79 Å². The minimum Gasteiger partial charge on any atom is -0.325 e. The lowest BCUT2D eigenvalue weighted by molar-refractivity contribution is -0.113. The zero-order chi connectivity index (χ0) is 20.9. The van der Waals surface area contributed by atoms with Gasteiger partial charge in [-0.15, -0.1) is 10.2 Å². The lowest BCUT2D eigenvalue weighted by atomic mass is 10.1. The smallest absolute Gasteiger partial charge is 0.234 e. The van der Waals surface area contributed by atoms with E-state index in [1.807, 2.05) is 66.9 Å². The van der Waals surface area contributed by atoms with E-state index in [1.54, 1.807) is 18.6 Å². The summed E-state index contributed by atoms with van der Waals surface area (Å²) in [6, 6.07) is 15.6. The van der Waals surface area contributed by atoms with Crippen LogP contribution in [0.15, 0.2) is 72.3 Å². The zero-order valence-corrected chi connectivity index (χ0v) is 17.4. The number of amides is 1. The molecule has 7 nitrogen and oxygen atoms in total. The molecule has 150 valence electrons. The van der Waals surface area contributed by atoms with Crippen molar-refractivity contribution in [2.45, 2.75) is 19.0 Å². The fourth-order valence-corrected chi connectivity index (χ4v) is 3.71. The molecule has 2 aromatic carbocycles. The molecule has 30 heavy (non-hydrogen) atoms. The first-order chi connectivity index (χ1) is 14.6. The molecule has 2 aromatic heterocycles. The Balaban J connectivity index is 1.58. The van der Waals surface area contributed by atoms with Gasteiger partial charge in [-0.05, 0) is 43.2 Å². The highest BCUT2D eigenvalue weighted by Gasteiger charge is 2.18. The van der Waals surface area contributed by atoms with Gasteiger partial charge in [-0.25, -0.2) is 4.98 Å². The van der Waals surface area contributed by atoms with Crippen LogP contribution < -0.4 is 5.32 Å². The summed E-state index contributed by atoms with van der Waals surface area (Å²) in [5, 5.41) is 12.2. The maximum Gasteiger partial charge on any atom is 0.234 e. The first-order valence-electron chi connectivity index (χ1n) is 9.39. The average Bonchev–Trinajstić information content (AvgIpc) is 3.21. The lowest BCUT2D eigenvalue weighted by Crippen LogP contribution is -2.15. The van der Waals surface area contributed by atoms with E-state index in [0.29, 0.717) is 16.7 Å². The highest BCUT2D eigenvalue weighted by atomic mass is 32.2. The molecule has 1 amide bonds. The van der Waals surface area contributed by atoms with E-state index in [1.165, 1.54) is 11.8 Å². The molecule has 1 N–H and O–H groups in total. The van der Waals surface area contributed by atoms with E-state index < -0.39 is 0 Å². The summed E-state index contributed by atoms with van der Waals surface area (Å²) < 4.78 is 1.89. The Hall–Kier alpha value is -3.52. The molecule has 0 saturated heterocycles. The van der Waals surface area contributed by atoms with Crippen molar-refractivity contribution in [3.63, 3.8) is 0 Å². The van der Waals surface area contributed by atoms with Crippen LogP contribution in [-0.4, -0.2) is 36.4 Å². The molecule has 2 heterocycles. The van der Waals surface area contributed by atoms with Crippen LogP contribution in [0.4, 0.5) is 5.69 Å². The summed E-state index contributed by atoms with van der Waals surface area (Å²) in [5.74, 6) is 0.683. The van der Waals surface area contributed by atoms with E-state index in [0.717, 1.165) is 22.5 Å². The average molecular weight is 417 g/mol. The molecular formula is C22H20N6OS. The molecular weight excluding hydrogens is 396 g/mol. The van der Waals surface area contributed by atoms with Crippen LogP contribution in [0.3, 0.4) is 0 Å². The van der Waals surface area contributed by atoms with Gasteiger partial charge >= 0.3 is 0 Å². The Morgan fingerprint density at radius 1 is 1.03 bits per heavy atom. The normalized spacial score (nSPS) is 10.7. The van der Waals surface area contributed by atoms with E-state index in [2.05, 4.69) is 25.5 Å². The number of aromatic nitrogens is 5. The second-order valence-corrected chi connectivity index (χ2v) is 7.59. The molecule has 8 heteroatoms. The third-order valence-corrected chi connectivity index (χ3v) is 5.58. The van der Waals surface area contributed by atoms with Crippen LogP contribution in [0.25, 0.3) is 17.2 Å². The highest BCUT2D eigenvalue weighted by Crippen LogP contribution is 2.27. The summed E-state index contributed by atoms with van der Waals surface area (Å²) in [6.45, 7) is 4.02. The number of benzene rings is 2. The number of carbonyl (C=O) groups excluding carboxylic acids is 1. The number of nitrogens with one attached hydrogen (secondary N) is 1. The van der Waals surface area contributed by atoms with Gasteiger partial charge in [0.1, 0.15) is 5.69 Å². The lowest BCUT2D eigenvalue weighted by Gasteiger charge is -2.11. The second-order valence-electron chi connectivity index (χ2n) is 6.65. The van der Waals surface area contributed by atoms with Gasteiger partial charge in [-0.2, -0.15) is 0 Å². The van der Waals surface area contributed by atoms with Gasteiger partial charge in [-0.1, -0.05) is 42.1 Å². The SMILES string of the molecule is Cc1cccc(NC(=O)CSc2nnc(-c3cnccn3)n2-c2ccccc2)c1C. The number of aryl methyl sites for hydroxylation is 1. The monoisotopic (exact) mass is 416 g/mol. The molecule has 0 atom stereocenters. The number of hydrogen-bond acceptors (Lipinski definition) is 6. The predicted molar refractivity (Wildman–Crippen MR) is 118 cm³/mol. The van der Waals surface area contributed by atoms with Crippen molar-refractivity contribution in [1.29, 1.82) is 0 Å². The molecule has 4 rings (SSSR count). The van der Waals surface area contributed by atoms with Gasteiger partial charge < -0.3 is 5.32 Å². The van der Waals surface area contributed by atoms with Gasteiger partial charge in [0.15, 0.2) is 11.0 Å². The van der Waals surface area contributed by atoms with Crippen LogP contribution in [0, 0.1) is 13.8 Å². The van der Waals surface area contributed by atoms with Crippen LogP contribution in [0.2, 0.25) is 0 Å². The predicted octanol–water partition coefficient (Wildman–Crippen LogP) is 4.07. The Kier molecular flexibility index (Phi) is 5.85. The number of nitrogens with zero attached hydrogens (tertiary/aromatic N) is 5. The fourth-order valence-electron chi connectivity index (χ4n) is 2.96. The maximum atomic E-state index is 12.6. The molecule has 0 bridgehead atoms. The van der Waals surface area contributed by atoms with E-state index in [4.69, 9.17) is 0 Å². The molecule has 0 radical (unpaired) electrons. The van der Waals surface area contributed by atoms with Crippen molar-refractivity contribution >= 4 is 23.4 Å². The number of carbonyl (C=O) groups is 1. The van der Waals surface area contributed by atoms with Crippen LogP contribution >= 0.6 is 11.8 Å². The summed E-state index contributed by atoms with van der Waals surface area (Å²) in [4.78, 5) is 21.0. The first kappa shape index (κ1) is 19.8. The summed E-state index contributed by atoms with van der Waals surface area (Å²) in [7, 11) is 0. The molecule has 4 aromatic rings. The Morgan fingerprint density at radius 3 is 2.63 bits per heavy atom. The van der Waals surface area contributed by atoms with Crippen molar-refractivity contribution in [1.82, 2.24) is 24.7 Å². The van der Waals surface area contributed by atoms with Crippen molar-refractivity contribution in [2.75, 3.05) is 11.1 Å². The molecule has 0 fully saturated rings. The van der Waals surface area contributed by atoms with E-state index in [9.17, 15) is 4.79 Å². The van der Waals surface area contributed by atoms with Crippen molar-refractivity contribution < 1.29 is 4.79 Å². The van der Waals surface area contributed by atoms with Gasteiger partial charge in [-0.3, -0.25) is 14.3 Å². The van der Waals surface area contributed by atoms with Crippen molar-refractivity contribution in [3.05, 3.63) is 78.2 Å². The zero-order valence-electron chi connectivity index (χ0n) is 16.6. The Morgan fingerprint density at radius 2 is 1.87 bits per heavy atom. The quantitative estimate of drug-likeness (QED) is 0.477. The molecule has 0 spiro atoms. The Labute approximate surface area is 178 Å². The molecule has 0 saturated carbocycles. The molecule has 0 unspecified atom stereocenters. The Bertz CT molecular complexity index is 1160. The largest absolute Gasteiger partial charge is 0.325 e. The van der Waals surface area contributed by atoms with E-state index in [-0.39, 0.29) is 11.7 Å². The summed E-state index contributed by atoms with van der Waals surface area (Å²) >= 11 is 1.32. The summed E-state index contributed by atoms with van der Waals surface area (Å²) in [5.41, 5.74) is 4.53. The fraction of sp³-hybridized carbons (Fsp3) is 0.136. The molecule has 0 aliphatic carbocycles. The van der Waals surface area contributed by atoms with Gasteiger partial charge in [0.2, 0.25) is 5.91 Å². The maximum absolute atomic E-state index is 12.6. The number of thioether (sulfide) groups is 1. The third kappa shape index (κ3) is 4.23. The highest BCUT2D eigenvalue weighted by molar-refractivity contribution is 7.99. The number of hydrogen-bond donors (Lipinski definition) is 1. The minimum absolute atomic E-state index is 0.0997. The number of anilines is 1. The van der Waals surface area contributed by atoms with Crippen LogP contribution in [0.5, 0.6) is 0 Å².